The van der Waals surface area contributed by atoms with Crippen LogP contribution in [0.2, 0.25) is 0 Å². The molecule has 0 aromatic carbocycles. The van der Waals surface area contributed by atoms with Crippen LogP contribution in [-0.4, -0.2) is 57.3 Å². The summed E-state index contributed by atoms with van der Waals surface area (Å²) in [5.41, 5.74) is -0.142. The van der Waals surface area contributed by atoms with Gasteiger partial charge in [-0.05, 0) is 19.1 Å². The fourth-order valence-electron chi connectivity index (χ4n) is 3.01. The molecule has 0 N–H and O–H groups in total. The molecule has 2 aliphatic rings. The van der Waals surface area contributed by atoms with E-state index in [1.807, 2.05) is 30.6 Å². The minimum Gasteiger partial charge on any atom is -0.374 e. The van der Waals surface area contributed by atoms with Crippen LogP contribution in [0.3, 0.4) is 0 Å². The van der Waals surface area contributed by atoms with Crippen LogP contribution in [0, 0.1) is 5.41 Å². The molecular formula is C12H20N2OS3. The van der Waals surface area contributed by atoms with Crippen molar-refractivity contribution in [3.63, 3.8) is 0 Å². The van der Waals surface area contributed by atoms with E-state index in [9.17, 15) is 0 Å². The molecule has 102 valence electrons. The topological polar surface area (TPSA) is 15.7 Å². The van der Waals surface area contributed by atoms with Gasteiger partial charge in [-0.25, -0.2) is 0 Å². The van der Waals surface area contributed by atoms with Crippen LogP contribution in [-0.2, 0) is 4.74 Å². The van der Waals surface area contributed by atoms with Crippen molar-refractivity contribution in [2.24, 2.45) is 5.41 Å². The maximum absolute atomic E-state index is 5.91. The van der Waals surface area contributed by atoms with Crippen LogP contribution >= 0.6 is 36.2 Å². The molecule has 3 nitrogen and oxygen atoms in total. The van der Waals surface area contributed by atoms with Gasteiger partial charge in [0.05, 0.1) is 10.4 Å². The number of ether oxygens (including phenoxy) is 1. The van der Waals surface area contributed by atoms with Gasteiger partial charge in [0, 0.05) is 26.5 Å². The molecule has 2 heterocycles. The third-order valence-electron chi connectivity index (χ3n) is 4.07. The Hall–Kier alpha value is 0.0900. The van der Waals surface area contributed by atoms with E-state index in [1.165, 1.54) is 0 Å². The van der Waals surface area contributed by atoms with E-state index in [0.717, 1.165) is 22.5 Å². The Morgan fingerprint density at radius 3 is 2.44 bits per heavy atom. The van der Waals surface area contributed by atoms with Crippen LogP contribution in [0.5, 0.6) is 0 Å². The lowest BCUT2D eigenvalue weighted by molar-refractivity contribution is -0.0379. The van der Waals surface area contributed by atoms with Gasteiger partial charge in [-0.15, -0.1) is 11.8 Å². The number of nitrogens with zero attached hydrogens (tertiary/aromatic N) is 2. The Morgan fingerprint density at radius 1 is 1.39 bits per heavy atom. The second-order valence-corrected chi connectivity index (χ2v) is 7.28. The van der Waals surface area contributed by atoms with Crippen molar-refractivity contribution >= 4 is 46.3 Å². The maximum Gasteiger partial charge on any atom is 0.177 e. The lowest BCUT2D eigenvalue weighted by Gasteiger charge is -2.65. The first-order valence-corrected chi connectivity index (χ1v) is 7.92. The predicted octanol–water partition coefficient (Wildman–Crippen LogP) is 2.35. The van der Waals surface area contributed by atoms with Gasteiger partial charge in [0.2, 0.25) is 0 Å². The number of likely N-dealkylation sites (N-methyl/N-ethyl adjacent to an activating group) is 1. The molecule has 2 atom stereocenters. The predicted molar refractivity (Wildman–Crippen MR) is 85.1 cm³/mol. The Balaban J connectivity index is 2.44. The second kappa shape index (κ2) is 4.58. The second-order valence-electron chi connectivity index (χ2n) is 5.28. The van der Waals surface area contributed by atoms with E-state index < -0.39 is 0 Å². The first-order valence-electron chi connectivity index (χ1n) is 6.12. The fraction of sp³-hybridized carbons (Fsp3) is 0.833. The van der Waals surface area contributed by atoms with Crippen molar-refractivity contribution in [2.45, 2.75) is 31.7 Å². The van der Waals surface area contributed by atoms with Crippen LogP contribution in [0.15, 0.2) is 0 Å². The average Bonchev–Trinajstić information content (AvgIpc) is 2.30. The molecule has 2 aliphatic heterocycles. The monoisotopic (exact) mass is 304 g/mol. The molecule has 0 aromatic rings. The smallest absolute Gasteiger partial charge is 0.177 e. The summed E-state index contributed by atoms with van der Waals surface area (Å²) < 4.78 is 5.91. The number of rotatable bonds is 2. The van der Waals surface area contributed by atoms with Gasteiger partial charge in [0.15, 0.2) is 5.11 Å². The molecule has 6 heteroatoms. The molecule has 0 aromatic heterocycles. The molecule has 0 saturated carbocycles. The highest BCUT2D eigenvalue weighted by Gasteiger charge is 2.66. The summed E-state index contributed by atoms with van der Waals surface area (Å²) in [4.78, 5) is 4.87. The van der Waals surface area contributed by atoms with E-state index in [1.54, 1.807) is 0 Å². The van der Waals surface area contributed by atoms with Gasteiger partial charge in [0.1, 0.15) is 11.0 Å². The summed E-state index contributed by atoms with van der Waals surface area (Å²) in [6.45, 7) is 7.16. The van der Waals surface area contributed by atoms with Gasteiger partial charge < -0.3 is 14.5 Å². The van der Waals surface area contributed by atoms with Crippen LogP contribution in [0.25, 0.3) is 0 Å². The van der Waals surface area contributed by atoms with Crippen molar-refractivity contribution in [2.75, 3.05) is 26.5 Å². The third-order valence-corrected chi connectivity index (χ3v) is 7.35. The largest absolute Gasteiger partial charge is 0.374 e. The van der Waals surface area contributed by atoms with E-state index in [-0.39, 0.29) is 16.4 Å². The van der Waals surface area contributed by atoms with Crippen LogP contribution < -0.4 is 0 Å². The summed E-state index contributed by atoms with van der Waals surface area (Å²) >= 11 is 13.0. The third kappa shape index (κ3) is 1.58. The lowest BCUT2D eigenvalue weighted by Crippen LogP contribution is -2.77. The van der Waals surface area contributed by atoms with Crippen molar-refractivity contribution in [1.29, 1.82) is 0 Å². The first kappa shape index (κ1) is 14.5. The average molecular weight is 305 g/mol. The molecule has 0 amide bonds. The summed E-state index contributed by atoms with van der Waals surface area (Å²) in [5, 5.41) is 0.788. The fourth-order valence-corrected chi connectivity index (χ4v) is 5.19. The lowest BCUT2D eigenvalue weighted by atomic mass is 9.77. The Bertz CT molecular complexity index is 399. The van der Waals surface area contributed by atoms with E-state index >= 15 is 0 Å². The Labute approximate surface area is 124 Å². The summed E-state index contributed by atoms with van der Waals surface area (Å²) in [7, 11) is 4.01. The molecular weight excluding hydrogens is 284 g/mol. The normalized spacial score (nSPS) is 35.1. The Morgan fingerprint density at radius 2 is 2.00 bits per heavy atom. The minimum absolute atomic E-state index is 0.142. The quantitative estimate of drug-likeness (QED) is 0.723. The minimum atomic E-state index is -0.149. The van der Waals surface area contributed by atoms with Gasteiger partial charge in [-0.3, -0.25) is 0 Å². The molecule has 0 unspecified atom stereocenters. The molecule has 0 bridgehead atoms. The SMILES string of the molecule is CCO[C@H]1CS[C@@]12N(C)C(=S)N(C)C(=S)C2(C)C. The molecule has 2 rings (SSSR count). The number of thioether (sulfide) groups is 1. The number of hydrogen-bond donors (Lipinski definition) is 0. The highest BCUT2D eigenvalue weighted by atomic mass is 32.2. The summed E-state index contributed by atoms with van der Waals surface area (Å²) in [5.74, 6) is 1.01. The van der Waals surface area contributed by atoms with Crippen molar-refractivity contribution < 1.29 is 4.74 Å². The number of hydrogen-bond acceptors (Lipinski definition) is 4. The van der Waals surface area contributed by atoms with Crippen molar-refractivity contribution in [3.05, 3.63) is 0 Å². The van der Waals surface area contributed by atoms with E-state index in [4.69, 9.17) is 29.2 Å². The van der Waals surface area contributed by atoms with Crippen molar-refractivity contribution in [3.8, 4) is 0 Å². The molecule has 18 heavy (non-hydrogen) atoms. The van der Waals surface area contributed by atoms with Crippen LogP contribution in [0.1, 0.15) is 20.8 Å². The van der Waals surface area contributed by atoms with Gasteiger partial charge in [-0.1, -0.05) is 26.1 Å². The Kier molecular flexibility index (Phi) is 3.69. The zero-order valence-corrected chi connectivity index (χ0v) is 14.0. The summed E-state index contributed by atoms with van der Waals surface area (Å²) in [6, 6.07) is 0. The highest BCUT2D eigenvalue weighted by molar-refractivity contribution is 8.02. The van der Waals surface area contributed by atoms with Gasteiger partial charge >= 0.3 is 0 Å². The molecule has 0 radical (unpaired) electrons. The van der Waals surface area contributed by atoms with E-state index in [0.29, 0.717) is 0 Å². The maximum atomic E-state index is 5.91. The number of thiocarbonyl (C=S) groups is 2. The summed E-state index contributed by atoms with van der Waals surface area (Å²) in [6.07, 6.45) is 0.192. The molecule has 2 fully saturated rings. The zero-order chi connectivity index (χ0) is 13.7. The van der Waals surface area contributed by atoms with E-state index in [2.05, 4.69) is 25.8 Å². The van der Waals surface area contributed by atoms with Crippen molar-refractivity contribution in [1.82, 2.24) is 9.80 Å². The van der Waals surface area contributed by atoms with Gasteiger partial charge in [0.25, 0.3) is 0 Å². The molecule has 0 aliphatic carbocycles. The molecule has 2 saturated heterocycles. The van der Waals surface area contributed by atoms with Crippen LogP contribution in [0.4, 0.5) is 0 Å². The highest BCUT2D eigenvalue weighted by Crippen LogP contribution is 2.58. The zero-order valence-electron chi connectivity index (χ0n) is 11.5. The van der Waals surface area contributed by atoms with Gasteiger partial charge in [-0.2, -0.15) is 0 Å². The molecule has 1 spiro atoms. The standard InChI is InChI=1S/C12H20N2OS3/c1-6-15-8-7-18-12(8)11(2,3)9(16)13(4)10(17)14(12)5/h8H,6-7H2,1-5H3/t8-,12-/m0/s1. The first-order chi connectivity index (χ1) is 8.30.